The molecule has 1 aromatic rings. The number of carbonyl (C=O) groups is 2. The summed E-state index contributed by atoms with van der Waals surface area (Å²) in [4.78, 5) is 27.1. The van der Waals surface area contributed by atoms with Crippen molar-refractivity contribution in [3.05, 3.63) is 28.2 Å². The zero-order chi connectivity index (χ0) is 15.6. The van der Waals surface area contributed by atoms with Crippen LogP contribution in [0.4, 0.5) is 10.5 Å². The summed E-state index contributed by atoms with van der Waals surface area (Å²) in [6, 6.07) is 4.71. The summed E-state index contributed by atoms with van der Waals surface area (Å²) in [5.41, 5.74) is 0.606. The van der Waals surface area contributed by atoms with Gasteiger partial charge in [-0.1, -0.05) is 0 Å². The van der Waals surface area contributed by atoms with Crippen LogP contribution in [-0.4, -0.2) is 60.1 Å². The standard InChI is InChI=1S/C14H18BrN3O3/c1-17(2)10-5-6-18(8-10)14(21)16-12-7-9(13(19)20)3-4-11(12)15/h3-4,7,10H,5-6,8H2,1-2H3,(H,16,21)(H,19,20). The van der Waals surface area contributed by atoms with Crippen LogP contribution >= 0.6 is 15.9 Å². The highest BCUT2D eigenvalue weighted by molar-refractivity contribution is 9.10. The molecule has 7 heteroatoms. The van der Waals surface area contributed by atoms with Crippen LogP contribution in [0, 0.1) is 0 Å². The Morgan fingerprint density at radius 2 is 2.14 bits per heavy atom. The molecule has 1 atom stereocenters. The van der Waals surface area contributed by atoms with Crippen molar-refractivity contribution in [2.24, 2.45) is 0 Å². The number of rotatable bonds is 3. The van der Waals surface area contributed by atoms with Gasteiger partial charge in [-0.2, -0.15) is 0 Å². The monoisotopic (exact) mass is 355 g/mol. The van der Waals surface area contributed by atoms with E-state index >= 15 is 0 Å². The van der Waals surface area contributed by atoms with E-state index in [-0.39, 0.29) is 11.6 Å². The molecule has 0 aliphatic carbocycles. The van der Waals surface area contributed by atoms with E-state index < -0.39 is 5.97 Å². The first-order valence-corrected chi connectivity index (χ1v) is 7.43. The molecule has 1 aliphatic rings. The Bertz CT molecular complexity index is 562. The molecular formula is C14H18BrN3O3. The second kappa shape index (κ2) is 6.44. The van der Waals surface area contributed by atoms with Gasteiger partial charge in [-0.15, -0.1) is 0 Å². The first kappa shape index (κ1) is 15.8. The summed E-state index contributed by atoms with van der Waals surface area (Å²) in [7, 11) is 4.00. The molecule has 1 unspecified atom stereocenters. The van der Waals surface area contributed by atoms with Crippen molar-refractivity contribution in [1.29, 1.82) is 0 Å². The third-order valence-corrected chi connectivity index (χ3v) is 4.33. The third-order valence-electron chi connectivity index (χ3n) is 3.64. The topological polar surface area (TPSA) is 72.9 Å². The van der Waals surface area contributed by atoms with Crippen LogP contribution < -0.4 is 5.32 Å². The van der Waals surface area contributed by atoms with E-state index in [9.17, 15) is 9.59 Å². The number of urea groups is 1. The Morgan fingerprint density at radius 3 is 2.71 bits per heavy atom. The van der Waals surface area contributed by atoms with Crippen molar-refractivity contribution in [2.75, 3.05) is 32.5 Å². The fraction of sp³-hybridized carbons (Fsp3) is 0.429. The van der Waals surface area contributed by atoms with Gasteiger partial charge in [0.25, 0.3) is 0 Å². The summed E-state index contributed by atoms with van der Waals surface area (Å²) < 4.78 is 0.657. The molecule has 0 aromatic heterocycles. The Labute approximate surface area is 131 Å². The van der Waals surface area contributed by atoms with Gasteiger partial charge in [-0.05, 0) is 54.6 Å². The predicted molar refractivity (Wildman–Crippen MR) is 83.8 cm³/mol. The summed E-state index contributed by atoms with van der Waals surface area (Å²) in [6.07, 6.45) is 0.941. The lowest BCUT2D eigenvalue weighted by Crippen LogP contribution is -2.36. The van der Waals surface area contributed by atoms with Gasteiger partial charge in [-0.3, -0.25) is 0 Å². The Hall–Kier alpha value is -1.60. The van der Waals surface area contributed by atoms with E-state index in [1.807, 2.05) is 14.1 Å². The molecule has 2 rings (SSSR count). The van der Waals surface area contributed by atoms with E-state index in [0.29, 0.717) is 29.3 Å². The Balaban J connectivity index is 2.06. The SMILES string of the molecule is CN(C)C1CCN(C(=O)Nc2cc(C(=O)O)ccc2Br)C1. The molecule has 1 saturated heterocycles. The lowest BCUT2D eigenvalue weighted by Gasteiger charge is -2.21. The minimum absolute atomic E-state index is 0.140. The van der Waals surface area contributed by atoms with Gasteiger partial charge in [0.1, 0.15) is 0 Å². The summed E-state index contributed by atoms with van der Waals surface area (Å²) in [6.45, 7) is 1.37. The number of hydrogen-bond donors (Lipinski definition) is 2. The van der Waals surface area contributed by atoms with Crippen LogP contribution in [0.3, 0.4) is 0 Å². The maximum Gasteiger partial charge on any atom is 0.335 e. The van der Waals surface area contributed by atoms with Crippen molar-refractivity contribution < 1.29 is 14.7 Å². The van der Waals surface area contributed by atoms with Crippen molar-refractivity contribution in [2.45, 2.75) is 12.5 Å². The fourth-order valence-electron chi connectivity index (χ4n) is 2.30. The highest BCUT2D eigenvalue weighted by Gasteiger charge is 2.27. The van der Waals surface area contributed by atoms with Gasteiger partial charge in [0.2, 0.25) is 0 Å². The summed E-state index contributed by atoms with van der Waals surface area (Å²) >= 11 is 3.32. The first-order chi connectivity index (χ1) is 9.88. The zero-order valence-corrected chi connectivity index (χ0v) is 13.6. The minimum Gasteiger partial charge on any atom is -0.478 e. The highest BCUT2D eigenvalue weighted by atomic mass is 79.9. The number of nitrogens with one attached hydrogen (secondary N) is 1. The molecular weight excluding hydrogens is 338 g/mol. The molecule has 2 amide bonds. The number of amides is 2. The van der Waals surface area contributed by atoms with Gasteiger partial charge in [0.15, 0.2) is 0 Å². The molecule has 0 radical (unpaired) electrons. The third kappa shape index (κ3) is 3.74. The Kier molecular flexibility index (Phi) is 4.84. The van der Waals surface area contributed by atoms with E-state index in [0.717, 1.165) is 6.42 Å². The van der Waals surface area contributed by atoms with Crippen molar-refractivity contribution in [3.8, 4) is 0 Å². The quantitative estimate of drug-likeness (QED) is 0.872. The number of carboxylic acid groups (broad SMARTS) is 1. The van der Waals surface area contributed by atoms with Crippen molar-refractivity contribution in [3.63, 3.8) is 0 Å². The molecule has 1 heterocycles. The van der Waals surface area contributed by atoms with Crippen molar-refractivity contribution in [1.82, 2.24) is 9.80 Å². The van der Waals surface area contributed by atoms with Crippen LogP contribution in [0.1, 0.15) is 16.8 Å². The molecule has 1 aromatic carbocycles. The summed E-state index contributed by atoms with van der Waals surface area (Å²) in [5, 5.41) is 11.8. The molecule has 0 saturated carbocycles. The van der Waals surface area contributed by atoms with E-state index in [2.05, 4.69) is 26.1 Å². The molecule has 0 spiro atoms. The average Bonchev–Trinajstić information content (AvgIpc) is 2.90. The smallest absolute Gasteiger partial charge is 0.335 e. The minimum atomic E-state index is -1.02. The molecule has 2 N–H and O–H groups in total. The first-order valence-electron chi connectivity index (χ1n) is 6.63. The predicted octanol–water partition coefficient (Wildman–Crippen LogP) is 2.32. The molecule has 6 nitrogen and oxygen atoms in total. The number of benzene rings is 1. The second-order valence-corrected chi connectivity index (χ2v) is 6.14. The second-order valence-electron chi connectivity index (χ2n) is 5.28. The maximum atomic E-state index is 12.2. The van der Waals surface area contributed by atoms with Crippen LogP contribution in [0.25, 0.3) is 0 Å². The van der Waals surface area contributed by atoms with E-state index in [4.69, 9.17) is 5.11 Å². The molecule has 21 heavy (non-hydrogen) atoms. The van der Waals surface area contributed by atoms with E-state index in [1.54, 1.807) is 11.0 Å². The van der Waals surface area contributed by atoms with Crippen LogP contribution in [0.2, 0.25) is 0 Å². The number of aromatic carboxylic acids is 1. The molecule has 1 aliphatic heterocycles. The van der Waals surface area contributed by atoms with Crippen molar-refractivity contribution >= 4 is 33.6 Å². The fourth-order valence-corrected chi connectivity index (χ4v) is 2.64. The number of nitrogens with zero attached hydrogens (tertiary/aromatic N) is 2. The lowest BCUT2D eigenvalue weighted by molar-refractivity contribution is 0.0697. The number of likely N-dealkylation sites (N-methyl/N-ethyl adjacent to an activating group) is 1. The van der Waals surface area contributed by atoms with Gasteiger partial charge >= 0.3 is 12.0 Å². The highest BCUT2D eigenvalue weighted by Crippen LogP contribution is 2.25. The number of anilines is 1. The van der Waals surface area contributed by atoms with E-state index in [1.165, 1.54) is 12.1 Å². The largest absolute Gasteiger partial charge is 0.478 e. The van der Waals surface area contributed by atoms with Gasteiger partial charge in [-0.25, -0.2) is 9.59 Å². The number of likely N-dealkylation sites (tertiary alicyclic amines) is 1. The lowest BCUT2D eigenvalue weighted by atomic mass is 10.2. The number of hydrogen-bond acceptors (Lipinski definition) is 3. The number of carbonyl (C=O) groups excluding carboxylic acids is 1. The van der Waals surface area contributed by atoms with Gasteiger partial charge in [0.05, 0.1) is 11.3 Å². The number of carboxylic acids is 1. The number of halogens is 1. The van der Waals surface area contributed by atoms with Crippen LogP contribution in [-0.2, 0) is 0 Å². The zero-order valence-electron chi connectivity index (χ0n) is 12.0. The maximum absolute atomic E-state index is 12.2. The normalized spacial score (nSPS) is 18.1. The summed E-state index contributed by atoms with van der Waals surface area (Å²) in [5.74, 6) is -1.02. The molecule has 114 valence electrons. The van der Waals surface area contributed by atoms with Crippen LogP contribution in [0.5, 0.6) is 0 Å². The molecule has 1 fully saturated rings. The Morgan fingerprint density at radius 1 is 1.43 bits per heavy atom. The van der Waals surface area contributed by atoms with Gasteiger partial charge in [0, 0.05) is 23.6 Å². The molecule has 0 bridgehead atoms. The van der Waals surface area contributed by atoms with Crippen LogP contribution in [0.15, 0.2) is 22.7 Å². The van der Waals surface area contributed by atoms with Gasteiger partial charge < -0.3 is 20.2 Å². The average molecular weight is 356 g/mol.